The lowest BCUT2D eigenvalue weighted by Gasteiger charge is -2.19. The molecule has 0 spiro atoms. The minimum absolute atomic E-state index is 0.170. The molecule has 0 heterocycles. The Kier molecular flexibility index (Phi) is 8.80. The number of hydrogen-bond donors (Lipinski definition) is 1. The number of nitrogens with one attached hydrogen (secondary N) is 1. The van der Waals surface area contributed by atoms with E-state index < -0.39 is 5.60 Å². The Morgan fingerprint density at radius 1 is 1.06 bits per heavy atom. The molecular formula is C26H35NO5. The second kappa shape index (κ2) is 11.8. The summed E-state index contributed by atoms with van der Waals surface area (Å²) in [6, 6.07) is 15.5. The summed E-state index contributed by atoms with van der Waals surface area (Å²) in [5.74, 6) is 2.31. The number of carbonyl (C=O) groups excluding carboxylic acids is 1. The molecule has 174 valence electrons. The van der Waals surface area contributed by atoms with E-state index in [1.165, 1.54) is 0 Å². The standard InChI is InChI=1S/C26H35NO5/c1-4-5-15-31-25(28)26(18-20(26)2)32-24-9-6-8-21(17-24)19-27-14-7-16-30-23-12-10-22(29-3)11-13-23/h6,8-13,17,20,27H,4-5,7,14-16,18-19H2,1-3H3. The number of carbonyl (C=O) groups is 1. The lowest BCUT2D eigenvalue weighted by Crippen LogP contribution is -2.34. The Hall–Kier alpha value is -2.73. The van der Waals surface area contributed by atoms with E-state index in [1.807, 2.05) is 49.4 Å². The first kappa shape index (κ1) is 23.9. The Morgan fingerprint density at radius 3 is 2.50 bits per heavy atom. The highest BCUT2D eigenvalue weighted by Crippen LogP contribution is 2.47. The average molecular weight is 442 g/mol. The Morgan fingerprint density at radius 2 is 1.81 bits per heavy atom. The van der Waals surface area contributed by atoms with Gasteiger partial charge in [-0.05, 0) is 61.3 Å². The van der Waals surface area contributed by atoms with Gasteiger partial charge in [-0.25, -0.2) is 4.79 Å². The predicted octanol–water partition coefficient (Wildman–Crippen LogP) is 4.75. The topological polar surface area (TPSA) is 66.0 Å². The summed E-state index contributed by atoms with van der Waals surface area (Å²) in [5.41, 5.74) is 0.292. The molecule has 0 bridgehead atoms. The van der Waals surface area contributed by atoms with Gasteiger partial charge in [-0.3, -0.25) is 0 Å². The van der Waals surface area contributed by atoms with Crippen molar-refractivity contribution in [2.75, 3.05) is 26.9 Å². The van der Waals surface area contributed by atoms with Gasteiger partial charge in [0, 0.05) is 18.9 Å². The largest absolute Gasteiger partial charge is 0.497 e. The fraction of sp³-hybridized carbons (Fsp3) is 0.500. The molecule has 1 N–H and O–H groups in total. The van der Waals surface area contributed by atoms with E-state index >= 15 is 0 Å². The zero-order valence-electron chi connectivity index (χ0n) is 19.4. The fourth-order valence-electron chi connectivity index (χ4n) is 3.52. The van der Waals surface area contributed by atoms with Crippen LogP contribution in [0.15, 0.2) is 48.5 Å². The number of benzene rings is 2. The maximum absolute atomic E-state index is 12.5. The molecule has 1 saturated carbocycles. The maximum Gasteiger partial charge on any atom is 0.350 e. The molecule has 0 aromatic heterocycles. The first-order valence-corrected chi connectivity index (χ1v) is 11.5. The molecule has 0 aliphatic heterocycles. The summed E-state index contributed by atoms with van der Waals surface area (Å²) in [6.45, 7) is 6.77. The predicted molar refractivity (Wildman–Crippen MR) is 124 cm³/mol. The van der Waals surface area contributed by atoms with Crippen molar-refractivity contribution >= 4 is 5.97 Å². The van der Waals surface area contributed by atoms with E-state index in [4.69, 9.17) is 18.9 Å². The van der Waals surface area contributed by atoms with Gasteiger partial charge >= 0.3 is 5.97 Å². The van der Waals surface area contributed by atoms with Crippen LogP contribution >= 0.6 is 0 Å². The Labute approximate surface area is 191 Å². The molecule has 1 fully saturated rings. The van der Waals surface area contributed by atoms with Crippen molar-refractivity contribution in [1.29, 1.82) is 0 Å². The molecule has 0 saturated heterocycles. The van der Waals surface area contributed by atoms with E-state index in [0.29, 0.717) is 25.4 Å². The van der Waals surface area contributed by atoms with Crippen molar-refractivity contribution in [3.8, 4) is 17.2 Å². The molecule has 1 aliphatic rings. The van der Waals surface area contributed by atoms with Crippen LogP contribution in [0.4, 0.5) is 0 Å². The average Bonchev–Trinajstić information content (AvgIpc) is 3.46. The van der Waals surface area contributed by atoms with Gasteiger partial charge in [-0.2, -0.15) is 0 Å². The molecular weight excluding hydrogens is 406 g/mol. The molecule has 6 heteroatoms. The van der Waals surface area contributed by atoms with E-state index in [0.717, 1.165) is 49.4 Å². The third-order valence-electron chi connectivity index (χ3n) is 5.68. The highest BCUT2D eigenvalue weighted by atomic mass is 16.6. The molecule has 32 heavy (non-hydrogen) atoms. The van der Waals surface area contributed by atoms with Gasteiger partial charge in [0.05, 0.1) is 20.3 Å². The second-order valence-corrected chi connectivity index (χ2v) is 8.29. The number of esters is 1. The van der Waals surface area contributed by atoms with Crippen LogP contribution in [0.3, 0.4) is 0 Å². The number of methoxy groups -OCH3 is 1. The molecule has 0 amide bonds. The SMILES string of the molecule is CCCCOC(=O)C1(Oc2cccc(CNCCCOc3ccc(OC)cc3)c2)CC1C. The zero-order valence-corrected chi connectivity index (χ0v) is 19.4. The monoisotopic (exact) mass is 441 g/mol. The van der Waals surface area contributed by atoms with Crippen molar-refractivity contribution in [2.45, 2.75) is 51.7 Å². The van der Waals surface area contributed by atoms with Crippen LogP contribution < -0.4 is 19.5 Å². The van der Waals surface area contributed by atoms with Crippen molar-refractivity contribution in [1.82, 2.24) is 5.32 Å². The molecule has 2 aromatic carbocycles. The normalized spacial score (nSPS) is 19.3. The summed E-state index contributed by atoms with van der Waals surface area (Å²) in [4.78, 5) is 12.5. The highest BCUT2D eigenvalue weighted by Gasteiger charge is 2.62. The summed E-state index contributed by atoms with van der Waals surface area (Å²) in [5, 5.41) is 3.43. The summed E-state index contributed by atoms with van der Waals surface area (Å²) < 4.78 is 22.5. The minimum atomic E-state index is -0.821. The molecule has 6 nitrogen and oxygen atoms in total. The zero-order chi connectivity index (χ0) is 22.8. The van der Waals surface area contributed by atoms with Crippen LogP contribution in [0.2, 0.25) is 0 Å². The van der Waals surface area contributed by atoms with Crippen LogP contribution in [0.1, 0.15) is 45.1 Å². The van der Waals surface area contributed by atoms with Crippen LogP contribution in [0.25, 0.3) is 0 Å². The van der Waals surface area contributed by atoms with E-state index in [1.54, 1.807) is 7.11 Å². The maximum atomic E-state index is 12.5. The molecule has 2 unspecified atom stereocenters. The Balaban J connectivity index is 1.39. The molecule has 1 aliphatic carbocycles. The Bertz CT molecular complexity index is 854. The number of rotatable bonds is 14. The number of unbranched alkanes of at least 4 members (excludes halogenated alkanes) is 1. The van der Waals surface area contributed by atoms with Crippen LogP contribution in [-0.4, -0.2) is 38.4 Å². The fourth-order valence-corrected chi connectivity index (χ4v) is 3.52. The van der Waals surface area contributed by atoms with Crippen molar-refractivity contribution in [3.63, 3.8) is 0 Å². The van der Waals surface area contributed by atoms with Gasteiger partial charge in [0.25, 0.3) is 0 Å². The summed E-state index contributed by atoms with van der Waals surface area (Å²) in [6.07, 6.45) is 3.48. The highest BCUT2D eigenvalue weighted by molar-refractivity contribution is 5.84. The van der Waals surface area contributed by atoms with Crippen molar-refractivity contribution in [3.05, 3.63) is 54.1 Å². The quantitative estimate of drug-likeness (QED) is 0.337. The van der Waals surface area contributed by atoms with Crippen molar-refractivity contribution < 1.29 is 23.7 Å². The van der Waals surface area contributed by atoms with E-state index in [2.05, 4.69) is 18.3 Å². The first-order valence-electron chi connectivity index (χ1n) is 11.5. The molecule has 2 atom stereocenters. The van der Waals surface area contributed by atoms with Gasteiger partial charge in [0.15, 0.2) is 0 Å². The number of hydrogen-bond acceptors (Lipinski definition) is 6. The molecule has 3 rings (SSSR count). The van der Waals surface area contributed by atoms with Crippen LogP contribution in [0, 0.1) is 5.92 Å². The van der Waals surface area contributed by atoms with Gasteiger partial charge < -0.3 is 24.3 Å². The molecule has 2 aromatic rings. The van der Waals surface area contributed by atoms with Crippen molar-refractivity contribution in [2.24, 2.45) is 5.92 Å². The number of ether oxygens (including phenoxy) is 4. The van der Waals surface area contributed by atoms with Crippen LogP contribution in [-0.2, 0) is 16.1 Å². The van der Waals surface area contributed by atoms with Gasteiger partial charge in [0.2, 0.25) is 5.60 Å². The third kappa shape index (κ3) is 6.63. The summed E-state index contributed by atoms with van der Waals surface area (Å²) >= 11 is 0. The lowest BCUT2D eigenvalue weighted by atomic mass is 10.2. The van der Waals surface area contributed by atoms with Crippen LogP contribution in [0.5, 0.6) is 17.2 Å². The first-order chi connectivity index (χ1) is 15.6. The van der Waals surface area contributed by atoms with Gasteiger partial charge in [0.1, 0.15) is 17.2 Å². The minimum Gasteiger partial charge on any atom is -0.497 e. The van der Waals surface area contributed by atoms with Gasteiger partial charge in [-0.15, -0.1) is 0 Å². The lowest BCUT2D eigenvalue weighted by molar-refractivity contribution is -0.155. The van der Waals surface area contributed by atoms with E-state index in [9.17, 15) is 4.79 Å². The van der Waals surface area contributed by atoms with Gasteiger partial charge in [-0.1, -0.05) is 32.4 Å². The third-order valence-corrected chi connectivity index (χ3v) is 5.68. The van der Waals surface area contributed by atoms with E-state index in [-0.39, 0.29) is 11.9 Å². The smallest absolute Gasteiger partial charge is 0.350 e. The summed E-state index contributed by atoms with van der Waals surface area (Å²) in [7, 11) is 1.65. The second-order valence-electron chi connectivity index (χ2n) is 8.29. The molecule has 0 radical (unpaired) electrons.